The summed E-state index contributed by atoms with van der Waals surface area (Å²) in [5.74, 6) is 0.159. The highest BCUT2D eigenvalue weighted by molar-refractivity contribution is 9.10. The topological polar surface area (TPSA) is 75.3 Å². The Morgan fingerprint density at radius 3 is 2.79 bits per heavy atom. The summed E-state index contributed by atoms with van der Waals surface area (Å²) in [4.78, 5) is 35.5. The lowest BCUT2D eigenvalue weighted by atomic mass is 10.2. The van der Waals surface area contributed by atoms with Gasteiger partial charge in [0.15, 0.2) is 0 Å². The van der Waals surface area contributed by atoms with Crippen molar-refractivity contribution in [1.29, 1.82) is 0 Å². The van der Waals surface area contributed by atoms with Crippen LogP contribution < -0.4 is 5.56 Å². The number of nitrogens with zero attached hydrogens (tertiary/aromatic N) is 2. The maximum absolute atomic E-state index is 12.7. The fraction of sp³-hybridized carbons (Fsp3) is 0.350. The van der Waals surface area contributed by atoms with Gasteiger partial charge in [0.05, 0.1) is 18.0 Å². The van der Waals surface area contributed by atoms with Crippen LogP contribution in [0, 0.1) is 6.92 Å². The number of hydrogen-bond donors (Lipinski definition) is 1. The molecule has 0 saturated heterocycles. The number of fused-ring (bicyclic) bond motifs is 1. The minimum absolute atomic E-state index is 0.113. The molecule has 8 heteroatoms. The third-order valence-corrected chi connectivity index (χ3v) is 6.65. The third-order valence-electron chi connectivity index (χ3n) is 4.71. The van der Waals surface area contributed by atoms with Crippen LogP contribution in [0.4, 0.5) is 0 Å². The summed E-state index contributed by atoms with van der Waals surface area (Å²) in [5.41, 5.74) is 1.54. The molecule has 0 spiro atoms. The average Bonchev–Trinajstić information content (AvgIpc) is 3.00. The number of nitrogens with one attached hydrogen (secondary N) is 1. The molecule has 0 fully saturated rings. The molecule has 0 aliphatic carbocycles. The van der Waals surface area contributed by atoms with E-state index in [0.29, 0.717) is 39.6 Å². The largest absolute Gasteiger partial charge is 0.462 e. The van der Waals surface area contributed by atoms with Crippen molar-refractivity contribution in [3.05, 3.63) is 60.9 Å². The number of ether oxygens (including phenoxy) is 1. The van der Waals surface area contributed by atoms with Gasteiger partial charge in [-0.2, -0.15) is 0 Å². The van der Waals surface area contributed by atoms with Crippen molar-refractivity contribution >= 4 is 43.5 Å². The molecule has 0 aliphatic heterocycles. The SMILES string of the molecule is CCOC(=O)c1sc2nc(C(C)N(C)Cc3ccccc3Br)[nH]c(=O)c2c1C. The number of hydrogen-bond acceptors (Lipinski definition) is 6. The second kappa shape index (κ2) is 8.55. The number of thiophene rings is 1. The van der Waals surface area contributed by atoms with Crippen molar-refractivity contribution in [2.75, 3.05) is 13.7 Å². The Kier molecular flexibility index (Phi) is 6.32. The summed E-state index contributed by atoms with van der Waals surface area (Å²) in [6.07, 6.45) is 0. The van der Waals surface area contributed by atoms with Gasteiger partial charge in [-0.05, 0) is 45.0 Å². The Morgan fingerprint density at radius 1 is 1.39 bits per heavy atom. The summed E-state index contributed by atoms with van der Waals surface area (Å²) < 4.78 is 6.13. The number of halogens is 1. The third kappa shape index (κ3) is 4.04. The highest BCUT2D eigenvalue weighted by atomic mass is 79.9. The van der Waals surface area contributed by atoms with Crippen molar-refractivity contribution in [2.24, 2.45) is 0 Å². The van der Waals surface area contributed by atoms with E-state index in [-0.39, 0.29) is 11.6 Å². The first-order valence-corrected chi connectivity index (χ1v) is 10.6. The normalized spacial score (nSPS) is 12.5. The van der Waals surface area contributed by atoms with Gasteiger partial charge in [0.25, 0.3) is 5.56 Å². The van der Waals surface area contributed by atoms with Gasteiger partial charge in [-0.15, -0.1) is 11.3 Å². The van der Waals surface area contributed by atoms with Crippen LogP contribution in [-0.4, -0.2) is 34.5 Å². The maximum Gasteiger partial charge on any atom is 0.348 e. The highest BCUT2D eigenvalue weighted by Gasteiger charge is 2.22. The van der Waals surface area contributed by atoms with E-state index < -0.39 is 5.97 Å². The van der Waals surface area contributed by atoms with E-state index in [4.69, 9.17) is 4.74 Å². The van der Waals surface area contributed by atoms with Crippen LogP contribution >= 0.6 is 27.3 Å². The molecular formula is C20H22BrN3O3S. The van der Waals surface area contributed by atoms with Crippen LogP contribution in [0.3, 0.4) is 0 Å². The van der Waals surface area contributed by atoms with Crippen LogP contribution in [0.15, 0.2) is 33.5 Å². The number of aryl methyl sites for hydroxylation is 1. The van der Waals surface area contributed by atoms with Crippen LogP contribution in [0.5, 0.6) is 0 Å². The van der Waals surface area contributed by atoms with E-state index >= 15 is 0 Å². The van der Waals surface area contributed by atoms with Crippen LogP contribution in [-0.2, 0) is 11.3 Å². The second-order valence-corrected chi connectivity index (χ2v) is 8.44. The molecule has 0 amide bonds. The molecule has 1 N–H and O–H groups in total. The van der Waals surface area contributed by atoms with Gasteiger partial charge < -0.3 is 9.72 Å². The predicted octanol–water partition coefficient (Wildman–Crippen LogP) is 4.43. The zero-order chi connectivity index (χ0) is 20.4. The quantitative estimate of drug-likeness (QED) is 0.547. The fourth-order valence-corrected chi connectivity index (χ4v) is 4.48. The van der Waals surface area contributed by atoms with E-state index in [2.05, 4.69) is 36.9 Å². The molecule has 3 aromatic rings. The van der Waals surface area contributed by atoms with E-state index in [1.54, 1.807) is 13.8 Å². The molecule has 28 heavy (non-hydrogen) atoms. The number of aromatic nitrogens is 2. The molecule has 2 aromatic heterocycles. The van der Waals surface area contributed by atoms with Crippen molar-refractivity contribution in [3.63, 3.8) is 0 Å². The first-order valence-electron chi connectivity index (χ1n) is 8.97. The minimum atomic E-state index is -0.414. The molecule has 0 radical (unpaired) electrons. The van der Waals surface area contributed by atoms with E-state index in [1.165, 1.54) is 11.3 Å². The number of aromatic amines is 1. The first-order chi connectivity index (χ1) is 13.3. The minimum Gasteiger partial charge on any atom is -0.462 e. The Hall–Kier alpha value is -2.03. The number of esters is 1. The lowest BCUT2D eigenvalue weighted by Crippen LogP contribution is -2.26. The van der Waals surface area contributed by atoms with Crippen LogP contribution in [0.25, 0.3) is 10.2 Å². The van der Waals surface area contributed by atoms with Gasteiger partial charge in [-0.3, -0.25) is 9.69 Å². The molecular weight excluding hydrogens is 442 g/mol. The van der Waals surface area contributed by atoms with E-state index in [9.17, 15) is 9.59 Å². The summed E-state index contributed by atoms with van der Waals surface area (Å²) in [6.45, 7) is 6.49. The molecule has 2 heterocycles. The summed E-state index contributed by atoms with van der Waals surface area (Å²) in [7, 11) is 1.98. The van der Waals surface area contributed by atoms with Crippen LogP contribution in [0.2, 0.25) is 0 Å². The Balaban J connectivity index is 1.93. The number of rotatable bonds is 6. The summed E-state index contributed by atoms with van der Waals surface area (Å²) >= 11 is 4.77. The van der Waals surface area contributed by atoms with E-state index in [1.807, 2.05) is 32.2 Å². The predicted molar refractivity (Wildman–Crippen MR) is 115 cm³/mol. The number of carbonyl (C=O) groups excluding carboxylic acids is 1. The number of H-pyrrole nitrogens is 1. The van der Waals surface area contributed by atoms with Gasteiger partial charge >= 0.3 is 5.97 Å². The van der Waals surface area contributed by atoms with Gasteiger partial charge in [-0.25, -0.2) is 9.78 Å². The zero-order valence-electron chi connectivity index (χ0n) is 16.2. The molecule has 148 valence electrons. The monoisotopic (exact) mass is 463 g/mol. The molecule has 1 unspecified atom stereocenters. The van der Waals surface area contributed by atoms with Gasteiger partial charge in [-0.1, -0.05) is 34.1 Å². The zero-order valence-corrected chi connectivity index (χ0v) is 18.6. The molecule has 1 atom stereocenters. The van der Waals surface area contributed by atoms with Gasteiger partial charge in [0.2, 0.25) is 0 Å². The lowest BCUT2D eigenvalue weighted by Gasteiger charge is -2.24. The fourth-order valence-electron chi connectivity index (χ4n) is 2.99. The Labute approximate surface area is 175 Å². The molecule has 0 aliphatic rings. The smallest absolute Gasteiger partial charge is 0.348 e. The van der Waals surface area contributed by atoms with Gasteiger partial charge in [0.1, 0.15) is 15.5 Å². The molecule has 1 aromatic carbocycles. The van der Waals surface area contributed by atoms with Crippen molar-refractivity contribution in [1.82, 2.24) is 14.9 Å². The van der Waals surface area contributed by atoms with Gasteiger partial charge in [0, 0.05) is 11.0 Å². The van der Waals surface area contributed by atoms with Crippen molar-refractivity contribution in [2.45, 2.75) is 33.4 Å². The Morgan fingerprint density at radius 2 is 2.11 bits per heavy atom. The average molecular weight is 464 g/mol. The molecule has 0 saturated carbocycles. The molecule has 0 bridgehead atoms. The number of carbonyl (C=O) groups is 1. The summed E-state index contributed by atoms with van der Waals surface area (Å²) in [5, 5.41) is 0.456. The first kappa shape index (κ1) is 20.7. The maximum atomic E-state index is 12.7. The molecule has 3 rings (SSSR count). The standard InChI is InChI=1S/C20H22BrN3O3S/c1-5-27-20(26)16-11(2)15-18(25)22-17(23-19(15)28-16)12(3)24(4)10-13-8-6-7-9-14(13)21/h6-9,12H,5,10H2,1-4H3,(H,22,23,25). The lowest BCUT2D eigenvalue weighted by molar-refractivity contribution is 0.0531. The molecule has 6 nitrogen and oxygen atoms in total. The van der Waals surface area contributed by atoms with E-state index in [0.717, 1.165) is 10.0 Å². The highest BCUT2D eigenvalue weighted by Crippen LogP contribution is 2.29. The number of benzene rings is 1. The Bertz CT molecular complexity index is 1080. The van der Waals surface area contributed by atoms with Crippen molar-refractivity contribution < 1.29 is 9.53 Å². The summed E-state index contributed by atoms with van der Waals surface area (Å²) in [6, 6.07) is 7.92. The van der Waals surface area contributed by atoms with Crippen LogP contribution in [0.1, 0.15) is 46.5 Å². The second-order valence-electron chi connectivity index (χ2n) is 6.59. The van der Waals surface area contributed by atoms with Crippen molar-refractivity contribution in [3.8, 4) is 0 Å².